The van der Waals surface area contributed by atoms with Crippen LogP contribution in [-0.4, -0.2) is 0 Å². The maximum Gasteiger partial charge on any atom is 0.0409 e. The highest BCUT2D eigenvalue weighted by atomic mass is 79.9. The van der Waals surface area contributed by atoms with Crippen LogP contribution < -0.4 is 5.32 Å². The molecule has 100 valence electrons. The highest BCUT2D eigenvalue weighted by Gasteiger charge is 2.05. The fourth-order valence-corrected chi connectivity index (χ4v) is 2.54. The summed E-state index contributed by atoms with van der Waals surface area (Å²) >= 11 is 9.57. The van der Waals surface area contributed by atoms with E-state index >= 15 is 0 Å². The van der Waals surface area contributed by atoms with Gasteiger partial charge in [-0.15, -0.1) is 0 Å². The molecule has 0 amide bonds. The van der Waals surface area contributed by atoms with Crippen molar-refractivity contribution in [3.63, 3.8) is 0 Å². The van der Waals surface area contributed by atoms with E-state index in [1.807, 2.05) is 18.2 Å². The predicted octanol–water partition coefficient (Wildman–Crippen LogP) is 5.26. The van der Waals surface area contributed by atoms with Crippen LogP contribution in [0.25, 0.3) is 0 Å². The van der Waals surface area contributed by atoms with Gasteiger partial charge < -0.3 is 5.32 Å². The van der Waals surface area contributed by atoms with E-state index in [2.05, 4.69) is 59.4 Å². The van der Waals surface area contributed by atoms with Crippen molar-refractivity contribution in [3.8, 4) is 0 Å². The summed E-state index contributed by atoms with van der Waals surface area (Å²) in [6.07, 6.45) is 0. The summed E-state index contributed by atoms with van der Waals surface area (Å²) in [6, 6.07) is 14.7. The van der Waals surface area contributed by atoms with Crippen molar-refractivity contribution in [1.82, 2.24) is 5.32 Å². The van der Waals surface area contributed by atoms with Crippen molar-refractivity contribution >= 4 is 27.5 Å². The summed E-state index contributed by atoms with van der Waals surface area (Å²) < 4.78 is 1.15. The quantitative estimate of drug-likeness (QED) is 0.801. The fraction of sp³-hybridized carbons (Fsp3) is 0.250. The molecule has 1 N–H and O–H groups in total. The molecule has 0 aliphatic rings. The molecule has 2 aromatic carbocycles. The van der Waals surface area contributed by atoms with Gasteiger partial charge in [-0.25, -0.2) is 0 Å². The Hall–Kier alpha value is -0.830. The molecular weight excluding hydrogens is 322 g/mol. The summed E-state index contributed by atoms with van der Waals surface area (Å²) in [5.41, 5.74) is 3.73. The number of hydrogen-bond donors (Lipinski definition) is 1. The minimum Gasteiger partial charge on any atom is -0.306 e. The molecule has 0 saturated carbocycles. The minimum absolute atomic E-state index is 0.277. The van der Waals surface area contributed by atoms with E-state index < -0.39 is 0 Å². The van der Waals surface area contributed by atoms with Gasteiger partial charge in [-0.3, -0.25) is 0 Å². The molecule has 0 aromatic heterocycles. The third-order valence-corrected chi connectivity index (χ3v) is 4.29. The van der Waals surface area contributed by atoms with Gasteiger partial charge in [-0.05, 0) is 48.7 Å². The van der Waals surface area contributed by atoms with Gasteiger partial charge in [-0.1, -0.05) is 51.8 Å². The second kappa shape index (κ2) is 6.56. The van der Waals surface area contributed by atoms with Crippen LogP contribution >= 0.6 is 27.5 Å². The Labute approximate surface area is 128 Å². The third-order valence-electron chi connectivity index (χ3n) is 3.20. The zero-order valence-corrected chi connectivity index (χ0v) is 13.4. The van der Waals surface area contributed by atoms with Crippen molar-refractivity contribution in [1.29, 1.82) is 0 Å². The van der Waals surface area contributed by atoms with Crippen molar-refractivity contribution in [2.45, 2.75) is 26.4 Å². The highest BCUT2D eigenvalue weighted by Crippen LogP contribution is 2.20. The van der Waals surface area contributed by atoms with E-state index in [1.165, 1.54) is 16.7 Å². The molecule has 0 aliphatic carbocycles. The van der Waals surface area contributed by atoms with Gasteiger partial charge in [0, 0.05) is 22.1 Å². The van der Waals surface area contributed by atoms with Crippen molar-refractivity contribution < 1.29 is 0 Å². The van der Waals surface area contributed by atoms with Gasteiger partial charge in [-0.2, -0.15) is 0 Å². The maximum atomic E-state index is 6.01. The molecule has 0 bridgehead atoms. The molecule has 1 atom stereocenters. The van der Waals surface area contributed by atoms with Gasteiger partial charge in [0.2, 0.25) is 0 Å². The van der Waals surface area contributed by atoms with E-state index in [0.29, 0.717) is 0 Å². The molecule has 3 heteroatoms. The van der Waals surface area contributed by atoms with Crippen LogP contribution in [0.2, 0.25) is 5.02 Å². The molecule has 0 unspecified atom stereocenters. The van der Waals surface area contributed by atoms with Gasteiger partial charge in [0.1, 0.15) is 0 Å². The molecule has 0 heterocycles. The zero-order chi connectivity index (χ0) is 13.8. The lowest BCUT2D eigenvalue weighted by Crippen LogP contribution is -2.18. The number of aryl methyl sites for hydroxylation is 1. The second-order valence-corrected chi connectivity index (χ2v) is 6.03. The van der Waals surface area contributed by atoms with Crippen molar-refractivity contribution in [2.75, 3.05) is 0 Å². The van der Waals surface area contributed by atoms with E-state index in [0.717, 1.165) is 16.0 Å². The predicted molar refractivity (Wildman–Crippen MR) is 85.6 cm³/mol. The summed E-state index contributed by atoms with van der Waals surface area (Å²) in [4.78, 5) is 0. The average Bonchev–Trinajstić information content (AvgIpc) is 2.40. The Bertz CT molecular complexity index is 568. The van der Waals surface area contributed by atoms with Crippen molar-refractivity contribution in [3.05, 3.63) is 68.7 Å². The third kappa shape index (κ3) is 4.07. The Morgan fingerprint density at radius 3 is 2.68 bits per heavy atom. The molecule has 19 heavy (non-hydrogen) atoms. The second-order valence-electron chi connectivity index (χ2n) is 4.74. The molecule has 0 radical (unpaired) electrons. The van der Waals surface area contributed by atoms with Crippen LogP contribution in [0, 0.1) is 6.92 Å². The monoisotopic (exact) mass is 337 g/mol. The smallest absolute Gasteiger partial charge is 0.0409 e. The maximum absolute atomic E-state index is 6.01. The minimum atomic E-state index is 0.277. The van der Waals surface area contributed by atoms with Gasteiger partial charge in [0.05, 0.1) is 0 Å². The topological polar surface area (TPSA) is 12.0 Å². The fourth-order valence-electron chi connectivity index (χ4n) is 1.91. The Morgan fingerprint density at radius 1 is 1.21 bits per heavy atom. The molecule has 0 fully saturated rings. The lowest BCUT2D eigenvalue weighted by Gasteiger charge is -2.15. The van der Waals surface area contributed by atoms with Crippen LogP contribution in [0.1, 0.15) is 29.7 Å². The zero-order valence-electron chi connectivity index (χ0n) is 11.1. The number of hydrogen-bond acceptors (Lipinski definition) is 1. The highest BCUT2D eigenvalue weighted by molar-refractivity contribution is 9.10. The first kappa shape index (κ1) is 14.6. The van der Waals surface area contributed by atoms with Crippen LogP contribution in [0.3, 0.4) is 0 Å². The summed E-state index contributed by atoms with van der Waals surface area (Å²) in [7, 11) is 0. The first-order chi connectivity index (χ1) is 9.06. The normalized spacial score (nSPS) is 12.4. The van der Waals surface area contributed by atoms with E-state index in [-0.39, 0.29) is 6.04 Å². The Kier molecular flexibility index (Phi) is 5.03. The molecule has 2 rings (SSSR count). The molecule has 0 aliphatic heterocycles. The van der Waals surface area contributed by atoms with E-state index in [4.69, 9.17) is 11.6 Å². The van der Waals surface area contributed by atoms with Crippen LogP contribution in [-0.2, 0) is 6.54 Å². The van der Waals surface area contributed by atoms with Crippen LogP contribution in [0.5, 0.6) is 0 Å². The van der Waals surface area contributed by atoms with E-state index in [1.54, 1.807) is 0 Å². The number of nitrogens with one attached hydrogen (secondary N) is 1. The number of rotatable bonds is 4. The first-order valence-electron chi connectivity index (χ1n) is 6.30. The SMILES string of the molecule is Cc1ccc(CN[C@@H](C)c2cccc(Cl)c2)cc1Br. The molecule has 1 nitrogen and oxygen atoms in total. The van der Waals surface area contributed by atoms with E-state index in [9.17, 15) is 0 Å². The summed E-state index contributed by atoms with van der Waals surface area (Å²) in [6.45, 7) is 5.08. The molecular formula is C16H17BrClN. The lowest BCUT2D eigenvalue weighted by molar-refractivity contribution is 0.574. The number of benzene rings is 2. The van der Waals surface area contributed by atoms with Gasteiger partial charge in [0.25, 0.3) is 0 Å². The Balaban J connectivity index is 2.00. The molecule has 0 spiro atoms. The largest absolute Gasteiger partial charge is 0.306 e. The van der Waals surface area contributed by atoms with Gasteiger partial charge >= 0.3 is 0 Å². The number of halogens is 2. The molecule has 2 aromatic rings. The summed E-state index contributed by atoms with van der Waals surface area (Å²) in [5.74, 6) is 0. The lowest BCUT2D eigenvalue weighted by atomic mass is 10.1. The standard InChI is InChI=1S/C16H17BrClN/c1-11-6-7-13(8-16(11)17)10-19-12(2)14-4-3-5-15(18)9-14/h3-9,12,19H,10H2,1-2H3/t12-/m0/s1. The summed E-state index contributed by atoms with van der Waals surface area (Å²) in [5, 5.41) is 4.29. The van der Waals surface area contributed by atoms with Gasteiger partial charge in [0.15, 0.2) is 0 Å². The van der Waals surface area contributed by atoms with Crippen molar-refractivity contribution in [2.24, 2.45) is 0 Å². The molecule has 0 saturated heterocycles. The van der Waals surface area contributed by atoms with Crippen LogP contribution in [0.4, 0.5) is 0 Å². The Morgan fingerprint density at radius 2 is 2.00 bits per heavy atom. The average molecular weight is 339 g/mol. The van der Waals surface area contributed by atoms with Crippen LogP contribution in [0.15, 0.2) is 46.9 Å². The first-order valence-corrected chi connectivity index (χ1v) is 7.47.